The van der Waals surface area contributed by atoms with E-state index in [-0.39, 0.29) is 5.78 Å². The van der Waals surface area contributed by atoms with Gasteiger partial charge in [0, 0.05) is 16.1 Å². The molecule has 1 aliphatic rings. The van der Waals surface area contributed by atoms with E-state index in [4.69, 9.17) is 4.74 Å². The van der Waals surface area contributed by atoms with Gasteiger partial charge >= 0.3 is 5.97 Å². The summed E-state index contributed by atoms with van der Waals surface area (Å²) in [4.78, 5) is 37.6. The number of aryl methyl sites for hydroxylation is 2. The second-order valence-corrected chi connectivity index (χ2v) is 7.57. The lowest BCUT2D eigenvalue weighted by Gasteiger charge is -2.13. The molecule has 0 unspecified atom stereocenters. The summed E-state index contributed by atoms with van der Waals surface area (Å²) in [7, 11) is 0. The molecular formula is C20H21NO4S. The standard InChI is InChI=1S/C20H21NO4S/c1-12(22)14-7-9-16(10-8-14)21-19(23)13(2)25-20(24)18-11-15-5-3-4-6-17(15)26-18/h7-11,13H,3-6H2,1-2H3,(H,21,23)/t13-/m0/s1. The van der Waals surface area contributed by atoms with Crippen molar-refractivity contribution in [1.82, 2.24) is 0 Å². The maximum absolute atomic E-state index is 12.3. The molecule has 0 spiro atoms. The van der Waals surface area contributed by atoms with Gasteiger partial charge in [-0.15, -0.1) is 11.3 Å². The molecule has 0 fully saturated rings. The van der Waals surface area contributed by atoms with E-state index in [1.54, 1.807) is 31.2 Å². The van der Waals surface area contributed by atoms with Crippen LogP contribution in [0.15, 0.2) is 30.3 Å². The summed E-state index contributed by atoms with van der Waals surface area (Å²) in [6.45, 7) is 3.03. The first kappa shape index (κ1) is 18.3. The van der Waals surface area contributed by atoms with E-state index in [1.165, 1.54) is 28.7 Å². The maximum Gasteiger partial charge on any atom is 0.349 e. The highest BCUT2D eigenvalue weighted by Gasteiger charge is 2.22. The van der Waals surface area contributed by atoms with E-state index in [2.05, 4.69) is 5.32 Å². The Hall–Kier alpha value is -2.47. The molecule has 6 heteroatoms. The number of ketones is 1. The van der Waals surface area contributed by atoms with E-state index in [1.807, 2.05) is 6.07 Å². The molecule has 1 amide bonds. The number of amides is 1. The lowest BCUT2D eigenvalue weighted by atomic mass is 9.99. The Labute approximate surface area is 156 Å². The molecule has 1 aromatic carbocycles. The fourth-order valence-corrected chi connectivity index (χ4v) is 4.03. The molecule has 0 saturated heterocycles. The largest absolute Gasteiger partial charge is 0.448 e. The quantitative estimate of drug-likeness (QED) is 0.637. The van der Waals surface area contributed by atoms with Crippen LogP contribution in [0.1, 0.15) is 57.2 Å². The van der Waals surface area contributed by atoms with Gasteiger partial charge < -0.3 is 10.1 Å². The molecule has 0 aliphatic heterocycles. The topological polar surface area (TPSA) is 72.5 Å². The average molecular weight is 371 g/mol. The summed E-state index contributed by atoms with van der Waals surface area (Å²) in [6, 6.07) is 8.48. The van der Waals surface area contributed by atoms with Crippen LogP contribution in [0.3, 0.4) is 0 Å². The van der Waals surface area contributed by atoms with E-state index < -0.39 is 18.0 Å². The summed E-state index contributed by atoms with van der Waals surface area (Å²) in [5.41, 5.74) is 2.36. The Morgan fingerprint density at radius 2 is 1.81 bits per heavy atom. The van der Waals surface area contributed by atoms with Crippen LogP contribution in [0.2, 0.25) is 0 Å². The number of carbonyl (C=O) groups is 3. The second kappa shape index (κ2) is 7.83. The Morgan fingerprint density at radius 3 is 2.46 bits per heavy atom. The van der Waals surface area contributed by atoms with Crippen molar-refractivity contribution in [2.24, 2.45) is 0 Å². The second-order valence-electron chi connectivity index (χ2n) is 6.44. The van der Waals surface area contributed by atoms with Crippen molar-refractivity contribution in [2.75, 3.05) is 5.32 Å². The number of hydrogen-bond donors (Lipinski definition) is 1. The monoisotopic (exact) mass is 371 g/mol. The van der Waals surface area contributed by atoms with Crippen LogP contribution in [0.25, 0.3) is 0 Å². The highest BCUT2D eigenvalue weighted by atomic mass is 32.1. The molecule has 0 radical (unpaired) electrons. The van der Waals surface area contributed by atoms with Gasteiger partial charge in [0.1, 0.15) is 4.88 Å². The van der Waals surface area contributed by atoms with Gasteiger partial charge in [-0.05, 0) is 75.4 Å². The van der Waals surface area contributed by atoms with Gasteiger partial charge in [0.2, 0.25) is 0 Å². The summed E-state index contributed by atoms with van der Waals surface area (Å²) in [6.07, 6.45) is 3.42. The van der Waals surface area contributed by atoms with E-state index in [9.17, 15) is 14.4 Å². The van der Waals surface area contributed by atoms with Crippen LogP contribution in [-0.2, 0) is 22.4 Å². The molecule has 0 bridgehead atoms. The summed E-state index contributed by atoms with van der Waals surface area (Å²) in [5, 5.41) is 2.69. The van der Waals surface area contributed by atoms with Crippen molar-refractivity contribution in [2.45, 2.75) is 45.6 Å². The first-order chi connectivity index (χ1) is 12.4. The highest BCUT2D eigenvalue weighted by molar-refractivity contribution is 7.14. The zero-order chi connectivity index (χ0) is 18.7. The van der Waals surface area contributed by atoms with Crippen molar-refractivity contribution in [3.05, 3.63) is 51.2 Å². The fraction of sp³-hybridized carbons (Fsp3) is 0.350. The van der Waals surface area contributed by atoms with Crippen LogP contribution in [0, 0.1) is 0 Å². The third-order valence-electron chi connectivity index (χ3n) is 4.41. The minimum atomic E-state index is -0.908. The number of fused-ring (bicyclic) bond motifs is 1. The van der Waals surface area contributed by atoms with Crippen molar-refractivity contribution < 1.29 is 19.1 Å². The van der Waals surface area contributed by atoms with E-state index in [0.29, 0.717) is 16.1 Å². The van der Waals surface area contributed by atoms with Gasteiger partial charge in [0.25, 0.3) is 5.91 Å². The van der Waals surface area contributed by atoms with Crippen LogP contribution >= 0.6 is 11.3 Å². The summed E-state index contributed by atoms with van der Waals surface area (Å²) < 4.78 is 5.32. The number of esters is 1. The molecule has 2 aromatic rings. The van der Waals surface area contributed by atoms with Crippen LogP contribution < -0.4 is 5.32 Å². The van der Waals surface area contributed by atoms with Gasteiger partial charge in [-0.2, -0.15) is 0 Å². The van der Waals surface area contributed by atoms with Crippen LogP contribution in [0.5, 0.6) is 0 Å². The van der Waals surface area contributed by atoms with Crippen LogP contribution in [-0.4, -0.2) is 23.8 Å². The molecule has 1 atom stereocenters. The molecule has 5 nitrogen and oxygen atoms in total. The Balaban J connectivity index is 1.59. The summed E-state index contributed by atoms with van der Waals surface area (Å²) >= 11 is 1.47. The summed E-state index contributed by atoms with van der Waals surface area (Å²) in [5.74, 6) is -0.905. The molecule has 136 valence electrons. The zero-order valence-electron chi connectivity index (χ0n) is 14.8. The first-order valence-corrected chi connectivity index (χ1v) is 9.50. The predicted octanol–water partition coefficient (Wildman–Crippen LogP) is 4.01. The first-order valence-electron chi connectivity index (χ1n) is 8.68. The maximum atomic E-state index is 12.3. The highest BCUT2D eigenvalue weighted by Crippen LogP contribution is 2.30. The third kappa shape index (κ3) is 4.19. The van der Waals surface area contributed by atoms with E-state index in [0.717, 1.165) is 25.7 Å². The molecule has 0 saturated carbocycles. The Kier molecular flexibility index (Phi) is 5.52. The fourth-order valence-electron chi connectivity index (χ4n) is 2.90. The van der Waals surface area contributed by atoms with Gasteiger partial charge in [0.05, 0.1) is 0 Å². The predicted molar refractivity (Wildman–Crippen MR) is 101 cm³/mol. The van der Waals surface area contributed by atoms with Gasteiger partial charge in [-0.1, -0.05) is 0 Å². The number of anilines is 1. The smallest absolute Gasteiger partial charge is 0.349 e. The van der Waals surface area contributed by atoms with Crippen molar-refractivity contribution in [3.8, 4) is 0 Å². The molecular weight excluding hydrogens is 350 g/mol. The Bertz CT molecular complexity index is 814. The number of rotatable bonds is 5. The number of thiophene rings is 1. The number of benzene rings is 1. The number of Topliss-reactive ketones (excluding diaryl/α,β-unsaturated/α-hetero) is 1. The SMILES string of the molecule is CC(=O)c1ccc(NC(=O)[C@H](C)OC(=O)c2cc3c(s2)CCCC3)cc1. The normalized spacial score (nSPS) is 14.2. The number of hydrogen-bond acceptors (Lipinski definition) is 5. The number of ether oxygens (including phenoxy) is 1. The molecule has 1 N–H and O–H groups in total. The number of carbonyl (C=O) groups excluding carboxylic acids is 3. The molecule has 26 heavy (non-hydrogen) atoms. The van der Waals surface area contributed by atoms with Gasteiger partial charge in [-0.25, -0.2) is 4.79 Å². The molecule has 1 aromatic heterocycles. The van der Waals surface area contributed by atoms with Crippen molar-refractivity contribution in [3.63, 3.8) is 0 Å². The molecule has 1 aliphatic carbocycles. The van der Waals surface area contributed by atoms with E-state index >= 15 is 0 Å². The average Bonchev–Trinajstić information content (AvgIpc) is 3.06. The lowest BCUT2D eigenvalue weighted by Crippen LogP contribution is -2.29. The van der Waals surface area contributed by atoms with Crippen molar-refractivity contribution in [1.29, 1.82) is 0 Å². The lowest BCUT2D eigenvalue weighted by molar-refractivity contribution is -0.123. The minimum absolute atomic E-state index is 0.0381. The third-order valence-corrected chi connectivity index (χ3v) is 5.63. The molecule has 1 heterocycles. The van der Waals surface area contributed by atoms with Gasteiger partial charge in [-0.3, -0.25) is 9.59 Å². The Morgan fingerprint density at radius 1 is 1.12 bits per heavy atom. The molecule has 3 rings (SSSR count). The number of nitrogens with one attached hydrogen (secondary N) is 1. The van der Waals surface area contributed by atoms with Gasteiger partial charge in [0.15, 0.2) is 11.9 Å². The van der Waals surface area contributed by atoms with Crippen LogP contribution in [0.4, 0.5) is 5.69 Å². The van der Waals surface area contributed by atoms with Crippen molar-refractivity contribution >= 4 is 34.7 Å². The zero-order valence-corrected chi connectivity index (χ0v) is 15.7. The minimum Gasteiger partial charge on any atom is -0.448 e.